The number of fused-ring (bicyclic) bond motifs is 1. The number of carbonyl (C=O) groups excluding carboxylic acids is 4. The molecule has 56 heavy (non-hydrogen) atoms. The number of nitrogens with zero attached hydrogens (tertiary/aromatic N) is 3. The van der Waals surface area contributed by atoms with Crippen LogP contribution in [0.3, 0.4) is 0 Å². The normalized spacial score (nSPS) is 22.8. The highest BCUT2D eigenvalue weighted by atomic mass is 32.2. The van der Waals surface area contributed by atoms with E-state index in [0.717, 1.165) is 30.5 Å². The van der Waals surface area contributed by atoms with Gasteiger partial charge in [-0.15, -0.1) is 11.3 Å². The Morgan fingerprint density at radius 2 is 1.86 bits per heavy atom. The number of benzene rings is 2. The number of allylic oxidation sites excluding steroid dienone is 2. The van der Waals surface area contributed by atoms with Gasteiger partial charge >= 0.3 is 6.09 Å². The number of amides is 4. The zero-order valence-corrected chi connectivity index (χ0v) is 32.8. The maximum absolute atomic E-state index is 14.3. The average molecular weight is 807 g/mol. The highest BCUT2D eigenvalue weighted by Gasteiger charge is 2.52. The van der Waals surface area contributed by atoms with E-state index in [4.69, 9.17) is 15.5 Å². The van der Waals surface area contributed by atoms with Gasteiger partial charge in [0.25, 0.3) is 0 Å². The molecule has 2 saturated carbocycles. The van der Waals surface area contributed by atoms with E-state index in [1.54, 1.807) is 19.1 Å². The molecule has 3 fully saturated rings. The Morgan fingerprint density at radius 1 is 1.07 bits per heavy atom. The van der Waals surface area contributed by atoms with Crippen LogP contribution in [0, 0.1) is 17.7 Å². The summed E-state index contributed by atoms with van der Waals surface area (Å²) in [5.74, 6) is -2.17. The number of anilines is 1. The molecule has 16 heteroatoms. The molecule has 13 nitrogen and oxygen atoms in total. The second-order valence-corrected chi connectivity index (χ2v) is 18.5. The van der Waals surface area contributed by atoms with Gasteiger partial charge in [0.05, 0.1) is 23.5 Å². The Morgan fingerprint density at radius 3 is 2.59 bits per heavy atom. The van der Waals surface area contributed by atoms with Crippen LogP contribution in [0.2, 0.25) is 0 Å². The van der Waals surface area contributed by atoms with Crippen molar-refractivity contribution >= 4 is 50.3 Å². The molecule has 7 rings (SSSR count). The zero-order valence-electron chi connectivity index (χ0n) is 31.2. The van der Waals surface area contributed by atoms with Crippen LogP contribution in [-0.2, 0) is 42.2 Å². The molecule has 298 valence electrons. The van der Waals surface area contributed by atoms with E-state index in [9.17, 15) is 32.0 Å². The maximum Gasteiger partial charge on any atom is 0.410 e. The Bertz CT molecular complexity index is 2110. The molecule has 5 unspecified atom stereocenters. The van der Waals surface area contributed by atoms with Gasteiger partial charge in [-0.05, 0) is 63.0 Å². The number of carbonyl (C=O) groups is 4. The van der Waals surface area contributed by atoms with Crippen molar-refractivity contribution < 1.29 is 36.7 Å². The van der Waals surface area contributed by atoms with Crippen LogP contribution in [0.25, 0.3) is 11.3 Å². The standard InChI is InChI=1S/C40H47FN6O7S2/c1-40(17-18-40)56(52,53)45-36(49)29-19-26(29)13-6-3-2-4-9-16-32(43-38-44-33(24-55-38)25-11-7-5-8-12-25)37(50)47-22-28(20-34(47)35(42)48)54-39(51)46-21-27-14-10-15-31(41)30(27)23-46/h5-8,10-15,24,26,28-29,32,34H,2-4,9,16-23H2,1H3,(H2,42,48)(H,43,44)(H,45,49). The van der Waals surface area contributed by atoms with E-state index >= 15 is 0 Å². The molecule has 2 aliphatic heterocycles. The fraction of sp³-hybridized carbons (Fsp3) is 0.475. The summed E-state index contributed by atoms with van der Waals surface area (Å²) in [6.07, 6.45) is 7.90. The molecule has 2 aliphatic carbocycles. The monoisotopic (exact) mass is 806 g/mol. The summed E-state index contributed by atoms with van der Waals surface area (Å²) in [5, 5.41) is 5.76. The summed E-state index contributed by atoms with van der Waals surface area (Å²) in [7, 11) is -3.64. The highest BCUT2D eigenvalue weighted by molar-refractivity contribution is 7.91. The predicted molar refractivity (Wildman–Crippen MR) is 209 cm³/mol. The number of unbranched alkanes of at least 4 members (excludes halogenated alkanes) is 3. The first-order valence-electron chi connectivity index (χ1n) is 19.1. The molecule has 4 amide bonds. The molecule has 0 radical (unpaired) electrons. The van der Waals surface area contributed by atoms with E-state index in [1.807, 2.05) is 47.9 Å². The Balaban J connectivity index is 0.940. The zero-order chi connectivity index (χ0) is 39.6. The summed E-state index contributed by atoms with van der Waals surface area (Å²) in [6.45, 7) is 1.91. The number of hydrogen-bond donors (Lipinski definition) is 3. The third-order valence-electron chi connectivity index (χ3n) is 11.3. The summed E-state index contributed by atoms with van der Waals surface area (Å²) in [6, 6.07) is 12.7. The SMILES string of the molecule is CC1(S(=O)(=O)NC(=O)C2CC2C=CCCCCCC(Nc2nc(-c3ccccc3)cs2)C(=O)N2CC(OC(=O)N3Cc4cccc(F)c4C3)CC2C(N)=O)CC1. The van der Waals surface area contributed by atoms with Crippen molar-refractivity contribution in [3.8, 4) is 11.3 Å². The predicted octanol–water partition coefficient (Wildman–Crippen LogP) is 5.48. The van der Waals surface area contributed by atoms with E-state index in [2.05, 4.69) is 10.0 Å². The molecule has 3 heterocycles. The Labute approximate surface area is 329 Å². The fourth-order valence-electron chi connectivity index (χ4n) is 7.37. The summed E-state index contributed by atoms with van der Waals surface area (Å²) in [4.78, 5) is 60.1. The number of nitrogens with two attached hydrogens (primary N) is 1. The van der Waals surface area contributed by atoms with E-state index < -0.39 is 50.9 Å². The van der Waals surface area contributed by atoms with Crippen molar-refractivity contribution in [2.45, 2.75) is 101 Å². The van der Waals surface area contributed by atoms with Gasteiger partial charge in [0.15, 0.2) is 5.13 Å². The van der Waals surface area contributed by atoms with Crippen molar-refractivity contribution in [3.63, 3.8) is 0 Å². The molecule has 4 aliphatic rings. The van der Waals surface area contributed by atoms with Gasteiger partial charge in [-0.3, -0.25) is 24.0 Å². The number of sulfonamides is 1. The summed E-state index contributed by atoms with van der Waals surface area (Å²) < 4.78 is 46.3. The number of likely N-dealkylation sites (tertiary alicyclic amines) is 1. The quantitative estimate of drug-likeness (QED) is 0.125. The second kappa shape index (κ2) is 16.3. The van der Waals surface area contributed by atoms with Gasteiger partial charge in [-0.2, -0.15) is 0 Å². The Kier molecular flexibility index (Phi) is 11.5. The van der Waals surface area contributed by atoms with Crippen LogP contribution in [0.4, 0.5) is 14.3 Å². The highest BCUT2D eigenvalue weighted by Crippen LogP contribution is 2.44. The third kappa shape index (κ3) is 8.91. The summed E-state index contributed by atoms with van der Waals surface area (Å²) in [5.41, 5.74) is 8.64. The van der Waals surface area contributed by atoms with Crippen molar-refractivity contribution in [1.29, 1.82) is 0 Å². The van der Waals surface area contributed by atoms with Crippen molar-refractivity contribution in [2.24, 2.45) is 17.6 Å². The van der Waals surface area contributed by atoms with Gasteiger partial charge < -0.3 is 20.7 Å². The molecule has 4 N–H and O–H groups in total. The number of rotatable bonds is 16. The minimum atomic E-state index is -3.64. The van der Waals surface area contributed by atoms with Crippen LogP contribution in [0.15, 0.2) is 66.1 Å². The van der Waals surface area contributed by atoms with Gasteiger partial charge in [0.1, 0.15) is 24.0 Å². The molecule has 2 aromatic carbocycles. The molecule has 5 atom stereocenters. The third-order valence-corrected chi connectivity index (χ3v) is 14.2. The number of hydrogen-bond acceptors (Lipinski definition) is 10. The summed E-state index contributed by atoms with van der Waals surface area (Å²) >= 11 is 1.37. The van der Waals surface area contributed by atoms with Gasteiger partial charge in [-0.1, -0.05) is 67.5 Å². The Hall–Kier alpha value is -4.83. The smallest absolute Gasteiger partial charge is 0.410 e. The van der Waals surface area contributed by atoms with Crippen molar-refractivity contribution in [1.82, 2.24) is 19.5 Å². The number of nitrogens with one attached hydrogen (secondary N) is 2. The van der Waals surface area contributed by atoms with E-state index in [1.165, 1.54) is 27.2 Å². The van der Waals surface area contributed by atoms with Crippen LogP contribution >= 0.6 is 11.3 Å². The lowest BCUT2D eigenvalue weighted by Crippen LogP contribution is -2.49. The molecule has 0 bridgehead atoms. The molecular weight excluding hydrogens is 760 g/mol. The van der Waals surface area contributed by atoms with E-state index in [-0.39, 0.29) is 49.6 Å². The first-order chi connectivity index (χ1) is 26.8. The lowest BCUT2D eigenvalue weighted by atomic mass is 10.0. The molecule has 1 saturated heterocycles. The van der Waals surface area contributed by atoms with Crippen molar-refractivity contribution in [3.05, 3.63) is 83.0 Å². The average Bonchev–Trinajstić information content (AvgIpc) is 3.91. The first-order valence-corrected chi connectivity index (χ1v) is 21.5. The molecule has 3 aromatic rings. The molecule has 0 spiro atoms. The van der Waals surface area contributed by atoms with Gasteiger partial charge in [0, 0.05) is 35.4 Å². The number of thiazole rings is 1. The molecule has 1 aromatic heterocycles. The molecular formula is C40H47FN6O7S2. The van der Waals surface area contributed by atoms with Crippen LogP contribution in [0.5, 0.6) is 0 Å². The van der Waals surface area contributed by atoms with Gasteiger partial charge in [0.2, 0.25) is 27.7 Å². The van der Waals surface area contributed by atoms with Crippen LogP contribution in [0.1, 0.15) is 75.8 Å². The first kappa shape index (κ1) is 39.4. The maximum atomic E-state index is 14.3. The lowest BCUT2D eigenvalue weighted by molar-refractivity contribution is -0.138. The minimum Gasteiger partial charge on any atom is -0.444 e. The van der Waals surface area contributed by atoms with Gasteiger partial charge in [-0.25, -0.2) is 22.6 Å². The number of primary amides is 1. The number of halogens is 1. The number of aromatic nitrogens is 1. The largest absolute Gasteiger partial charge is 0.444 e. The lowest BCUT2D eigenvalue weighted by Gasteiger charge is -2.27. The topological polar surface area (TPSA) is 181 Å². The minimum absolute atomic E-state index is 0.0190. The van der Waals surface area contributed by atoms with Crippen LogP contribution < -0.4 is 15.8 Å². The fourth-order valence-corrected chi connectivity index (χ4v) is 9.45. The van der Waals surface area contributed by atoms with Crippen LogP contribution in [-0.4, -0.2) is 76.5 Å². The van der Waals surface area contributed by atoms with E-state index in [0.29, 0.717) is 48.4 Å². The van der Waals surface area contributed by atoms with Crippen molar-refractivity contribution in [2.75, 3.05) is 11.9 Å². The second-order valence-electron chi connectivity index (χ2n) is 15.5. The number of ether oxygens (including phenoxy) is 1.